The van der Waals surface area contributed by atoms with Crippen LogP contribution in [0.25, 0.3) is 0 Å². The van der Waals surface area contributed by atoms with Gasteiger partial charge >= 0.3 is 0 Å². The highest BCUT2D eigenvalue weighted by Crippen LogP contribution is 2.27. The molecule has 2 atom stereocenters. The minimum Gasteiger partial charge on any atom is -0.349 e. The maximum Gasteiger partial charge on any atom is 0.254 e. The van der Waals surface area contributed by atoms with Gasteiger partial charge in [-0.05, 0) is 31.6 Å². The van der Waals surface area contributed by atoms with E-state index in [0.29, 0.717) is 15.8 Å². The first-order valence-electron chi connectivity index (χ1n) is 6.14. The standard InChI is InChI=1S/C13H17ClN2OS/c1-18-10-4-2-3-9(7-10)16-13(17)11-8-15-6-5-12(11)14/h5-6,8-10H,2-4,7H2,1H3,(H,16,17). The van der Waals surface area contributed by atoms with Gasteiger partial charge in [-0.25, -0.2) is 0 Å². The first-order valence-corrected chi connectivity index (χ1v) is 7.80. The molecule has 2 rings (SSSR count). The van der Waals surface area contributed by atoms with Crippen LogP contribution in [0.15, 0.2) is 18.5 Å². The van der Waals surface area contributed by atoms with E-state index >= 15 is 0 Å². The fraction of sp³-hybridized carbons (Fsp3) is 0.538. The molecule has 0 spiro atoms. The predicted octanol–water partition coefficient (Wildman–Crippen LogP) is 3.14. The molecule has 1 aliphatic rings. The van der Waals surface area contributed by atoms with E-state index in [1.807, 2.05) is 11.8 Å². The largest absolute Gasteiger partial charge is 0.349 e. The summed E-state index contributed by atoms with van der Waals surface area (Å²) in [6.45, 7) is 0. The fourth-order valence-corrected chi connectivity index (χ4v) is 3.32. The van der Waals surface area contributed by atoms with Crippen molar-refractivity contribution in [1.29, 1.82) is 0 Å². The van der Waals surface area contributed by atoms with Gasteiger partial charge in [0.25, 0.3) is 5.91 Å². The summed E-state index contributed by atoms with van der Waals surface area (Å²) < 4.78 is 0. The van der Waals surface area contributed by atoms with Gasteiger partial charge in [-0.15, -0.1) is 0 Å². The average molecular weight is 285 g/mol. The summed E-state index contributed by atoms with van der Waals surface area (Å²) in [7, 11) is 0. The minimum absolute atomic E-state index is 0.111. The number of hydrogen-bond donors (Lipinski definition) is 1. The Morgan fingerprint density at radius 1 is 1.56 bits per heavy atom. The van der Waals surface area contributed by atoms with Crippen molar-refractivity contribution in [2.45, 2.75) is 37.0 Å². The minimum atomic E-state index is -0.111. The first kappa shape index (κ1) is 13.7. The molecule has 1 aliphatic carbocycles. The Morgan fingerprint density at radius 3 is 3.11 bits per heavy atom. The van der Waals surface area contributed by atoms with Crippen molar-refractivity contribution in [2.24, 2.45) is 0 Å². The maximum atomic E-state index is 12.1. The van der Waals surface area contributed by atoms with Gasteiger partial charge in [0.05, 0.1) is 10.6 Å². The van der Waals surface area contributed by atoms with Gasteiger partial charge in [-0.2, -0.15) is 11.8 Å². The van der Waals surface area contributed by atoms with E-state index in [2.05, 4.69) is 16.6 Å². The van der Waals surface area contributed by atoms with Gasteiger partial charge in [0.2, 0.25) is 0 Å². The van der Waals surface area contributed by atoms with Gasteiger partial charge in [0, 0.05) is 23.7 Å². The van der Waals surface area contributed by atoms with E-state index in [9.17, 15) is 4.79 Å². The van der Waals surface area contributed by atoms with Crippen LogP contribution in [0, 0.1) is 0 Å². The Bertz CT molecular complexity index is 427. The van der Waals surface area contributed by atoms with E-state index in [4.69, 9.17) is 11.6 Å². The molecule has 98 valence electrons. The van der Waals surface area contributed by atoms with Crippen LogP contribution >= 0.6 is 23.4 Å². The van der Waals surface area contributed by atoms with Gasteiger partial charge in [0.15, 0.2) is 0 Å². The Labute approximate surface area is 117 Å². The van der Waals surface area contributed by atoms with Crippen LogP contribution in [0.4, 0.5) is 0 Å². The Kier molecular flexibility index (Phi) is 4.89. The zero-order chi connectivity index (χ0) is 13.0. The third-order valence-corrected chi connectivity index (χ3v) is 4.73. The molecule has 18 heavy (non-hydrogen) atoms. The third-order valence-electron chi connectivity index (χ3n) is 3.31. The van der Waals surface area contributed by atoms with Crippen LogP contribution in [0.3, 0.4) is 0 Å². The molecule has 1 amide bonds. The Hall–Kier alpha value is -0.740. The summed E-state index contributed by atoms with van der Waals surface area (Å²) in [6, 6.07) is 1.90. The van der Waals surface area contributed by atoms with Crippen molar-refractivity contribution < 1.29 is 4.79 Å². The number of rotatable bonds is 3. The molecule has 0 bridgehead atoms. The van der Waals surface area contributed by atoms with Crippen molar-refractivity contribution in [3.8, 4) is 0 Å². The molecule has 1 aromatic heterocycles. The average Bonchev–Trinajstić information content (AvgIpc) is 2.39. The molecule has 5 heteroatoms. The van der Waals surface area contributed by atoms with Crippen molar-refractivity contribution in [2.75, 3.05) is 6.26 Å². The second-order valence-electron chi connectivity index (χ2n) is 4.55. The van der Waals surface area contributed by atoms with Crippen LogP contribution in [0.2, 0.25) is 5.02 Å². The highest BCUT2D eigenvalue weighted by atomic mass is 35.5. The van der Waals surface area contributed by atoms with E-state index in [-0.39, 0.29) is 11.9 Å². The number of hydrogen-bond acceptors (Lipinski definition) is 3. The molecular formula is C13H17ClN2OS. The summed E-state index contributed by atoms with van der Waals surface area (Å²) in [5.41, 5.74) is 0.463. The van der Waals surface area contributed by atoms with Crippen molar-refractivity contribution in [1.82, 2.24) is 10.3 Å². The number of pyridine rings is 1. The molecule has 1 N–H and O–H groups in total. The highest BCUT2D eigenvalue weighted by Gasteiger charge is 2.23. The zero-order valence-electron chi connectivity index (χ0n) is 10.4. The lowest BCUT2D eigenvalue weighted by molar-refractivity contribution is 0.0928. The number of nitrogens with zero attached hydrogens (tertiary/aromatic N) is 1. The molecule has 1 heterocycles. The first-order chi connectivity index (χ1) is 8.70. The number of thioether (sulfide) groups is 1. The van der Waals surface area contributed by atoms with E-state index < -0.39 is 0 Å². The maximum absolute atomic E-state index is 12.1. The summed E-state index contributed by atoms with van der Waals surface area (Å²) in [5.74, 6) is -0.111. The number of amides is 1. The van der Waals surface area contributed by atoms with Crippen LogP contribution < -0.4 is 5.32 Å². The topological polar surface area (TPSA) is 42.0 Å². The number of halogens is 1. The fourth-order valence-electron chi connectivity index (χ4n) is 2.30. The molecule has 1 saturated carbocycles. The molecule has 0 saturated heterocycles. The molecule has 1 fully saturated rings. The van der Waals surface area contributed by atoms with Gasteiger partial charge in [-0.1, -0.05) is 18.0 Å². The molecule has 2 unspecified atom stereocenters. The van der Waals surface area contributed by atoms with Gasteiger partial charge < -0.3 is 5.32 Å². The smallest absolute Gasteiger partial charge is 0.254 e. The molecule has 0 radical (unpaired) electrons. The second kappa shape index (κ2) is 6.43. The summed E-state index contributed by atoms with van der Waals surface area (Å²) in [6.07, 6.45) is 9.77. The van der Waals surface area contributed by atoms with E-state index in [1.165, 1.54) is 19.0 Å². The van der Waals surface area contributed by atoms with Crippen LogP contribution in [-0.2, 0) is 0 Å². The highest BCUT2D eigenvalue weighted by molar-refractivity contribution is 7.99. The van der Waals surface area contributed by atoms with Crippen LogP contribution in [0.5, 0.6) is 0 Å². The van der Waals surface area contributed by atoms with Crippen LogP contribution in [0.1, 0.15) is 36.0 Å². The van der Waals surface area contributed by atoms with Crippen molar-refractivity contribution in [3.05, 3.63) is 29.0 Å². The molecule has 3 nitrogen and oxygen atoms in total. The number of carbonyl (C=O) groups excluding carboxylic acids is 1. The monoisotopic (exact) mass is 284 g/mol. The van der Waals surface area contributed by atoms with Gasteiger partial charge in [0.1, 0.15) is 0 Å². The molecule has 0 aromatic carbocycles. The van der Waals surface area contributed by atoms with Crippen molar-refractivity contribution >= 4 is 29.3 Å². The van der Waals surface area contributed by atoms with E-state index in [1.54, 1.807) is 12.3 Å². The number of nitrogens with one attached hydrogen (secondary N) is 1. The second-order valence-corrected chi connectivity index (χ2v) is 6.10. The molecule has 1 aromatic rings. The summed E-state index contributed by atoms with van der Waals surface area (Å²) >= 11 is 7.87. The Balaban J connectivity index is 1.97. The quantitative estimate of drug-likeness (QED) is 0.927. The summed E-state index contributed by atoms with van der Waals surface area (Å²) in [5, 5.41) is 4.18. The van der Waals surface area contributed by atoms with Crippen molar-refractivity contribution in [3.63, 3.8) is 0 Å². The third kappa shape index (κ3) is 3.39. The molecular weight excluding hydrogens is 268 g/mol. The lowest BCUT2D eigenvalue weighted by Crippen LogP contribution is -2.39. The number of carbonyl (C=O) groups is 1. The summed E-state index contributed by atoms with van der Waals surface area (Å²) in [4.78, 5) is 16.0. The van der Waals surface area contributed by atoms with Gasteiger partial charge in [-0.3, -0.25) is 9.78 Å². The zero-order valence-corrected chi connectivity index (χ0v) is 11.9. The predicted molar refractivity (Wildman–Crippen MR) is 76.3 cm³/mol. The lowest BCUT2D eigenvalue weighted by Gasteiger charge is -2.28. The normalized spacial score (nSPS) is 23.7. The van der Waals surface area contributed by atoms with E-state index in [0.717, 1.165) is 12.8 Å². The Morgan fingerprint density at radius 2 is 2.39 bits per heavy atom. The SMILES string of the molecule is CSC1CCCC(NC(=O)c2cnccc2Cl)C1. The molecule has 0 aliphatic heterocycles. The lowest BCUT2D eigenvalue weighted by atomic mass is 9.95. The van der Waals surface area contributed by atoms with Crippen LogP contribution in [-0.4, -0.2) is 28.4 Å². The number of aromatic nitrogens is 1.